The fourth-order valence-electron chi connectivity index (χ4n) is 2.11. The van der Waals surface area contributed by atoms with Crippen LogP contribution in [0, 0.1) is 0 Å². The third-order valence-corrected chi connectivity index (χ3v) is 6.28. The number of nitrogen functional groups attached to an aromatic ring is 1. The van der Waals surface area contributed by atoms with Crippen LogP contribution < -0.4 is 10.5 Å². The van der Waals surface area contributed by atoms with Gasteiger partial charge in [-0.25, -0.2) is 8.42 Å². The molecule has 12 heteroatoms. The van der Waals surface area contributed by atoms with Crippen molar-refractivity contribution in [3.8, 4) is 5.75 Å². The molecule has 0 aliphatic heterocycles. The van der Waals surface area contributed by atoms with Gasteiger partial charge in [0.2, 0.25) is 10.0 Å². The molecular weight excluding hydrogens is 408 g/mol. The highest BCUT2D eigenvalue weighted by Gasteiger charge is 2.22. The summed E-state index contributed by atoms with van der Waals surface area (Å²) in [6.07, 6.45) is 0. The third-order valence-electron chi connectivity index (χ3n) is 3.71. The lowest BCUT2D eigenvalue weighted by Gasteiger charge is -2.16. The molecule has 0 amide bonds. The lowest BCUT2D eigenvalue weighted by Crippen LogP contribution is -2.31. The molecule has 0 aliphatic carbocycles. The highest BCUT2D eigenvalue weighted by molar-refractivity contribution is 7.89. The largest absolute Gasteiger partial charge is 0.495 e. The molecule has 2 aromatic carbocycles. The molecule has 0 bridgehead atoms. The predicted molar refractivity (Wildman–Crippen MR) is 104 cm³/mol. The van der Waals surface area contributed by atoms with Gasteiger partial charge in [0.05, 0.1) is 34.8 Å². The van der Waals surface area contributed by atoms with Crippen molar-refractivity contribution >= 4 is 37.2 Å². The normalized spacial score (nSPS) is 12.6. The summed E-state index contributed by atoms with van der Waals surface area (Å²) in [5.74, 6) is -0.231. The van der Waals surface area contributed by atoms with E-state index in [1.54, 1.807) is 18.2 Å². The van der Waals surface area contributed by atoms with Crippen molar-refractivity contribution in [3.63, 3.8) is 0 Å². The highest BCUT2D eigenvalue weighted by Crippen LogP contribution is 2.28. The van der Waals surface area contributed by atoms with Gasteiger partial charge >= 0.3 is 0 Å². The molecule has 0 unspecified atom stereocenters. The molecule has 0 fully saturated rings. The number of hydrogen-bond acceptors (Lipinski definition) is 8. The first kappa shape index (κ1) is 21.8. The van der Waals surface area contributed by atoms with Gasteiger partial charge in [0.1, 0.15) is 5.75 Å². The molecule has 0 aliphatic rings. The Morgan fingerprint density at radius 1 is 1.04 bits per heavy atom. The third kappa shape index (κ3) is 5.73. The zero-order valence-corrected chi connectivity index (χ0v) is 16.8. The highest BCUT2D eigenvalue weighted by atomic mass is 32.2. The monoisotopic (exact) mass is 428 g/mol. The number of methoxy groups -OCH3 is 1. The molecule has 152 valence electrons. The molecule has 0 atom stereocenters. The second-order valence-electron chi connectivity index (χ2n) is 5.73. The number of azo groups is 1. The Kier molecular flexibility index (Phi) is 6.72. The van der Waals surface area contributed by atoms with Gasteiger partial charge in [0.15, 0.2) is 0 Å². The maximum absolute atomic E-state index is 12.4. The first-order valence-electron chi connectivity index (χ1n) is 7.90. The SMILES string of the molecule is COc1cc(N=Nc2ccc(S(=O)(=O)N(C)CCS(=O)(=O)O)cc2)ccc1N. The molecule has 0 saturated heterocycles. The molecule has 28 heavy (non-hydrogen) atoms. The number of ether oxygens (including phenoxy) is 1. The van der Waals surface area contributed by atoms with Crippen LogP contribution in [0.5, 0.6) is 5.75 Å². The number of hydrogen-bond donors (Lipinski definition) is 2. The zero-order valence-electron chi connectivity index (χ0n) is 15.2. The molecule has 0 heterocycles. The van der Waals surface area contributed by atoms with Gasteiger partial charge in [-0.2, -0.15) is 23.0 Å². The van der Waals surface area contributed by atoms with Crippen LogP contribution in [-0.4, -0.2) is 52.1 Å². The maximum Gasteiger partial charge on any atom is 0.266 e. The first-order chi connectivity index (χ1) is 13.0. The summed E-state index contributed by atoms with van der Waals surface area (Å²) in [4.78, 5) is -0.0431. The Bertz CT molecular complexity index is 1070. The van der Waals surface area contributed by atoms with E-state index in [2.05, 4.69) is 10.2 Å². The van der Waals surface area contributed by atoms with Crippen LogP contribution in [0.3, 0.4) is 0 Å². The number of nitrogens with two attached hydrogens (primary N) is 1. The average Bonchev–Trinajstić information content (AvgIpc) is 2.65. The van der Waals surface area contributed by atoms with Crippen LogP contribution in [0.2, 0.25) is 0 Å². The van der Waals surface area contributed by atoms with E-state index in [1.807, 2.05) is 0 Å². The number of nitrogens with zero attached hydrogens (tertiary/aromatic N) is 3. The van der Waals surface area contributed by atoms with Gasteiger partial charge in [-0.05, 0) is 36.4 Å². The van der Waals surface area contributed by atoms with Crippen LogP contribution in [0.15, 0.2) is 57.6 Å². The van der Waals surface area contributed by atoms with Gasteiger partial charge in [0.25, 0.3) is 10.1 Å². The smallest absolute Gasteiger partial charge is 0.266 e. The van der Waals surface area contributed by atoms with Crippen LogP contribution in [0.25, 0.3) is 0 Å². The van der Waals surface area contributed by atoms with Gasteiger partial charge in [-0.1, -0.05) is 0 Å². The summed E-state index contributed by atoms with van der Waals surface area (Å²) in [7, 11) is -5.45. The Morgan fingerprint density at radius 3 is 2.18 bits per heavy atom. The number of anilines is 1. The summed E-state index contributed by atoms with van der Waals surface area (Å²) >= 11 is 0. The van der Waals surface area contributed by atoms with E-state index < -0.39 is 25.9 Å². The Hall–Kier alpha value is -2.54. The van der Waals surface area contributed by atoms with E-state index in [9.17, 15) is 16.8 Å². The van der Waals surface area contributed by atoms with E-state index in [0.29, 0.717) is 22.8 Å². The van der Waals surface area contributed by atoms with E-state index in [4.69, 9.17) is 15.0 Å². The standard InChI is InChI=1S/C16H20N4O6S2/c1-20(9-10-27(21,22)23)28(24,25)14-6-3-12(4-7-14)18-19-13-5-8-15(17)16(11-13)26-2/h3-8,11H,9-10,17H2,1-2H3,(H,21,22,23). The van der Waals surface area contributed by atoms with E-state index >= 15 is 0 Å². The van der Waals surface area contributed by atoms with Gasteiger partial charge in [-0.3, -0.25) is 4.55 Å². The van der Waals surface area contributed by atoms with Gasteiger partial charge in [0, 0.05) is 19.7 Å². The molecule has 0 spiro atoms. The van der Waals surface area contributed by atoms with Crippen molar-refractivity contribution in [1.29, 1.82) is 0 Å². The predicted octanol–water partition coefficient (Wildman–Crippen LogP) is 2.20. The van der Waals surface area contributed by atoms with Gasteiger partial charge < -0.3 is 10.5 Å². The summed E-state index contributed by atoms with van der Waals surface area (Å²) in [5, 5.41) is 8.07. The molecule has 3 N–H and O–H groups in total. The fraction of sp³-hybridized carbons (Fsp3) is 0.250. The van der Waals surface area contributed by atoms with Crippen molar-refractivity contribution in [2.24, 2.45) is 10.2 Å². The summed E-state index contributed by atoms with van der Waals surface area (Å²) in [6, 6.07) is 10.5. The Labute approximate surface area is 163 Å². The lowest BCUT2D eigenvalue weighted by molar-refractivity contribution is 0.417. The van der Waals surface area contributed by atoms with Crippen molar-refractivity contribution in [2.45, 2.75) is 4.90 Å². The summed E-state index contributed by atoms with van der Waals surface area (Å²) in [5.41, 5.74) is 7.12. The van der Waals surface area contributed by atoms with Crippen LogP contribution in [-0.2, 0) is 20.1 Å². The van der Waals surface area contributed by atoms with E-state index in [0.717, 1.165) is 4.31 Å². The molecule has 10 nitrogen and oxygen atoms in total. The topological polar surface area (TPSA) is 152 Å². The number of sulfonamides is 1. The Morgan fingerprint density at radius 2 is 1.61 bits per heavy atom. The zero-order chi connectivity index (χ0) is 20.9. The van der Waals surface area contributed by atoms with Crippen molar-refractivity contribution in [2.75, 3.05) is 32.2 Å². The van der Waals surface area contributed by atoms with Crippen LogP contribution >= 0.6 is 0 Å². The van der Waals surface area contributed by atoms with Gasteiger partial charge in [-0.15, -0.1) is 0 Å². The minimum atomic E-state index is -4.26. The molecule has 0 radical (unpaired) electrons. The summed E-state index contributed by atoms with van der Waals surface area (Å²) in [6.45, 7) is -0.373. The second kappa shape index (κ2) is 8.65. The first-order valence-corrected chi connectivity index (χ1v) is 10.9. The van der Waals surface area contributed by atoms with E-state index in [1.165, 1.54) is 38.4 Å². The van der Waals surface area contributed by atoms with E-state index in [-0.39, 0.29) is 11.4 Å². The molecule has 2 aromatic rings. The maximum atomic E-state index is 12.4. The average molecular weight is 428 g/mol. The van der Waals surface area contributed by atoms with Crippen LogP contribution in [0.4, 0.5) is 17.1 Å². The van der Waals surface area contributed by atoms with Crippen molar-refractivity contribution < 1.29 is 26.1 Å². The number of rotatable bonds is 8. The Balaban J connectivity index is 2.14. The summed E-state index contributed by atoms with van der Waals surface area (Å²) < 4.78 is 61.1. The molecular formula is C16H20N4O6S2. The second-order valence-corrected chi connectivity index (χ2v) is 9.35. The fourth-order valence-corrected chi connectivity index (χ4v) is 3.90. The minimum Gasteiger partial charge on any atom is -0.495 e. The number of benzene rings is 2. The lowest BCUT2D eigenvalue weighted by atomic mass is 10.2. The van der Waals surface area contributed by atoms with Crippen LogP contribution in [0.1, 0.15) is 0 Å². The minimum absolute atomic E-state index is 0.0431. The quantitative estimate of drug-likeness (QED) is 0.371. The molecule has 0 aromatic heterocycles. The molecule has 0 saturated carbocycles. The van der Waals surface area contributed by atoms with Crippen molar-refractivity contribution in [1.82, 2.24) is 4.31 Å². The molecule has 2 rings (SSSR count). The van der Waals surface area contributed by atoms with Crippen molar-refractivity contribution in [3.05, 3.63) is 42.5 Å².